The Hall–Kier alpha value is -2.02. The summed E-state index contributed by atoms with van der Waals surface area (Å²) in [5.41, 5.74) is 1.45. The molecule has 108 valence electrons. The van der Waals surface area contributed by atoms with Crippen LogP contribution in [0.2, 0.25) is 0 Å². The summed E-state index contributed by atoms with van der Waals surface area (Å²) in [6.07, 6.45) is 4.78. The summed E-state index contributed by atoms with van der Waals surface area (Å²) in [6, 6.07) is 7.15. The smallest absolute Gasteiger partial charge is 0.229 e. The zero-order chi connectivity index (χ0) is 14.8. The van der Waals surface area contributed by atoms with Crippen molar-refractivity contribution in [1.82, 2.24) is 9.55 Å². The lowest BCUT2D eigenvalue weighted by atomic mass is 10.2. The molecule has 0 amide bonds. The predicted molar refractivity (Wildman–Crippen MR) is 80.2 cm³/mol. The SMILES string of the molecule is CC(Nc1ccc(NS(C)(=O)=O)cc1)c1nccn1C. The van der Waals surface area contributed by atoms with Crippen molar-refractivity contribution in [1.29, 1.82) is 0 Å². The zero-order valence-electron chi connectivity index (χ0n) is 11.7. The van der Waals surface area contributed by atoms with Crippen LogP contribution in [-0.2, 0) is 17.1 Å². The third kappa shape index (κ3) is 3.74. The average Bonchev–Trinajstić information content (AvgIpc) is 2.76. The molecule has 0 fully saturated rings. The van der Waals surface area contributed by atoms with Crippen LogP contribution in [0.1, 0.15) is 18.8 Å². The molecule has 2 N–H and O–H groups in total. The number of aryl methyl sites for hydroxylation is 1. The van der Waals surface area contributed by atoms with Crippen molar-refractivity contribution in [3.63, 3.8) is 0 Å². The van der Waals surface area contributed by atoms with Gasteiger partial charge in [0.2, 0.25) is 10.0 Å². The number of hydrogen-bond acceptors (Lipinski definition) is 4. The molecule has 2 aromatic rings. The minimum atomic E-state index is -3.24. The molecule has 1 atom stereocenters. The third-order valence-corrected chi connectivity index (χ3v) is 3.42. The van der Waals surface area contributed by atoms with Gasteiger partial charge in [-0.15, -0.1) is 0 Å². The Kier molecular flexibility index (Phi) is 3.99. The Morgan fingerprint density at radius 1 is 1.20 bits per heavy atom. The summed E-state index contributed by atoms with van der Waals surface area (Å²) in [6.45, 7) is 2.02. The molecule has 0 aliphatic rings. The molecule has 7 heteroatoms. The molecule has 1 aromatic heterocycles. The molecule has 0 saturated heterocycles. The second-order valence-electron chi connectivity index (χ2n) is 4.71. The van der Waals surface area contributed by atoms with E-state index in [9.17, 15) is 8.42 Å². The van der Waals surface area contributed by atoms with Crippen LogP contribution >= 0.6 is 0 Å². The van der Waals surface area contributed by atoms with Crippen LogP contribution in [0.5, 0.6) is 0 Å². The van der Waals surface area contributed by atoms with Gasteiger partial charge in [-0.2, -0.15) is 0 Å². The van der Waals surface area contributed by atoms with E-state index < -0.39 is 10.0 Å². The largest absolute Gasteiger partial charge is 0.375 e. The molecule has 6 nitrogen and oxygen atoms in total. The highest BCUT2D eigenvalue weighted by molar-refractivity contribution is 7.92. The minimum Gasteiger partial charge on any atom is -0.375 e. The summed E-state index contributed by atoms with van der Waals surface area (Å²) in [7, 11) is -1.29. The summed E-state index contributed by atoms with van der Waals surface area (Å²) in [4.78, 5) is 4.29. The van der Waals surface area contributed by atoms with Gasteiger partial charge in [0.15, 0.2) is 0 Å². The van der Waals surface area contributed by atoms with Crippen LogP contribution in [0.15, 0.2) is 36.7 Å². The van der Waals surface area contributed by atoms with Crippen molar-refractivity contribution in [2.24, 2.45) is 7.05 Å². The standard InChI is InChI=1S/C13H18N4O2S/c1-10(13-14-8-9-17(13)2)15-11-4-6-12(7-5-11)16-20(3,18)19/h4-10,15-16H,1-3H3. The van der Waals surface area contributed by atoms with Gasteiger partial charge in [-0.25, -0.2) is 13.4 Å². The van der Waals surface area contributed by atoms with Crippen LogP contribution in [0, 0.1) is 0 Å². The fourth-order valence-electron chi connectivity index (χ4n) is 1.96. The molecular weight excluding hydrogens is 276 g/mol. The molecular formula is C13H18N4O2S. The second kappa shape index (κ2) is 5.54. The Bertz CT molecular complexity index is 677. The number of nitrogens with one attached hydrogen (secondary N) is 2. The van der Waals surface area contributed by atoms with Crippen LogP contribution in [0.3, 0.4) is 0 Å². The van der Waals surface area contributed by atoms with E-state index in [4.69, 9.17) is 0 Å². The van der Waals surface area contributed by atoms with Gasteiger partial charge in [-0.3, -0.25) is 4.72 Å². The molecule has 0 aliphatic carbocycles. The molecule has 0 bridgehead atoms. The molecule has 0 spiro atoms. The van der Waals surface area contributed by atoms with Gasteiger partial charge in [-0.1, -0.05) is 0 Å². The highest BCUT2D eigenvalue weighted by atomic mass is 32.2. The Balaban J connectivity index is 2.06. The lowest BCUT2D eigenvalue weighted by molar-refractivity contribution is 0.607. The zero-order valence-corrected chi connectivity index (χ0v) is 12.5. The molecule has 1 heterocycles. The molecule has 1 unspecified atom stereocenters. The van der Waals surface area contributed by atoms with Crippen LogP contribution in [0.4, 0.5) is 11.4 Å². The van der Waals surface area contributed by atoms with E-state index in [-0.39, 0.29) is 6.04 Å². The predicted octanol–water partition coefficient (Wildman–Crippen LogP) is 1.96. The number of anilines is 2. The van der Waals surface area contributed by atoms with E-state index in [0.29, 0.717) is 5.69 Å². The van der Waals surface area contributed by atoms with E-state index in [2.05, 4.69) is 15.0 Å². The van der Waals surface area contributed by atoms with Gasteiger partial charge in [0.25, 0.3) is 0 Å². The van der Waals surface area contributed by atoms with E-state index in [1.165, 1.54) is 0 Å². The van der Waals surface area contributed by atoms with Crippen molar-refractivity contribution in [2.45, 2.75) is 13.0 Å². The van der Waals surface area contributed by atoms with E-state index >= 15 is 0 Å². The number of sulfonamides is 1. The van der Waals surface area contributed by atoms with Gasteiger partial charge < -0.3 is 9.88 Å². The number of aromatic nitrogens is 2. The third-order valence-electron chi connectivity index (χ3n) is 2.82. The van der Waals surface area contributed by atoms with Crippen molar-refractivity contribution in [3.8, 4) is 0 Å². The molecule has 1 aromatic carbocycles. The normalized spacial score (nSPS) is 12.9. The molecule has 0 radical (unpaired) electrons. The number of benzene rings is 1. The number of imidazole rings is 1. The second-order valence-corrected chi connectivity index (χ2v) is 6.46. The molecule has 2 rings (SSSR count). The van der Waals surface area contributed by atoms with Crippen LogP contribution in [-0.4, -0.2) is 24.2 Å². The Labute approximate surface area is 118 Å². The highest BCUT2D eigenvalue weighted by Gasteiger charge is 2.10. The van der Waals surface area contributed by atoms with Crippen molar-refractivity contribution in [3.05, 3.63) is 42.5 Å². The van der Waals surface area contributed by atoms with Gasteiger partial charge in [-0.05, 0) is 31.2 Å². The summed E-state index contributed by atoms with van der Waals surface area (Å²) >= 11 is 0. The molecule has 20 heavy (non-hydrogen) atoms. The first-order valence-corrected chi connectivity index (χ1v) is 8.06. The fourth-order valence-corrected chi connectivity index (χ4v) is 2.52. The first-order valence-electron chi connectivity index (χ1n) is 6.17. The lowest BCUT2D eigenvalue weighted by Gasteiger charge is -2.15. The van der Waals surface area contributed by atoms with Gasteiger partial charge >= 0.3 is 0 Å². The Morgan fingerprint density at radius 3 is 2.30 bits per heavy atom. The summed E-state index contributed by atoms with van der Waals surface area (Å²) in [5.74, 6) is 0.934. The monoisotopic (exact) mass is 294 g/mol. The van der Waals surface area contributed by atoms with Gasteiger partial charge in [0, 0.05) is 30.8 Å². The van der Waals surface area contributed by atoms with Crippen molar-refractivity contribution < 1.29 is 8.42 Å². The first-order chi connectivity index (χ1) is 9.35. The number of nitrogens with zero attached hydrogens (tertiary/aromatic N) is 2. The van der Waals surface area contributed by atoms with E-state index in [1.807, 2.05) is 36.9 Å². The molecule has 0 aliphatic heterocycles. The van der Waals surface area contributed by atoms with Gasteiger partial charge in [0.05, 0.1) is 12.3 Å². The maximum atomic E-state index is 11.1. The lowest BCUT2D eigenvalue weighted by Crippen LogP contribution is -2.12. The highest BCUT2D eigenvalue weighted by Crippen LogP contribution is 2.19. The number of rotatable bonds is 5. The molecule has 0 saturated carbocycles. The fraction of sp³-hybridized carbons (Fsp3) is 0.308. The minimum absolute atomic E-state index is 0.0590. The van der Waals surface area contributed by atoms with Crippen LogP contribution in [0.25, 0.3) is 0 Å². The maximum absolute atomic E-state index is 11.1. The van der Waals surface area contributed by atoms with Crippen molar-refractivity contribution >= 4 is 21.4 Å². The van der Waals surface area contributed by atoms with E-state index in [0.717, 1.165) is 17.8 Å². The van der Waals surface area contributed by atoms with Crippen LogP contribution < -0.4 is 10.0 Å². The summed E-state index contributed by atoms with van der Waals surface area (Å²) in [5, 5.41) is 3.31. The Morgan fingerprint density at radius 2 is 1.80 bits per heavy atom. The van der Waals surface area contributed by atoms with E-state index in [1.54, 1.807) is 18.3 Å². The van der Waals surface area contributed by atoms with Gasteiger partial charge in [0.1, 0.15) is 5.82 Å². The first kappa shape index (κ1) is 14.4. The topological polar surface area (TPSA) is 76.0 Å². The summed E-state index contributed by atoms with van der Waals surface area (Å²) < 4.78 is 26.6. The number of hydrogen-bond donors (Lipinski definition) is 2. The average molecular weight is 294 g/mol. The maximum Gasteiger partial charge on any atom is 0.229 e. The van der Waals surface area contributed by atoms with Crippen molar-refractivity contribution in [2.75, 3.05) is 16.3 Å². The quantitative estimate of drug-likeness (QED) is 0.884.